The van der Waals surface area contributed by atoms with E-state index in [4.69, 9.17) is 59.8 Å². The Kier molecular flexibility index (Phi) is 3.78. The lowest BCUT2D eigenvalue weighted by Gasteiger charge is -2.36. The van der Waals surface area contributed by atoms with Crippen LogP contribution in [0.4, 0.5) is 0 Å². The summed E-state index contributed by atoms with van der Waals surface area (Å²) in [7, 11) is 0. The van der Waals surface area contributed by atoms with Gasteiger partial charge in [-0.15, -0.1) is 33.2 Å². The first-order valence-corrected chi connectivity index (χ1v) is 13.6. The lowest BCUT2D eigenvalue weighted by molar-refractivity contribution is 0.541. The number of hydrogen-bond donors (Lipinski definition) is 0. The molecule has 8 heteroatoms. The number of rotatable bonds is 1. The van der Waals surface area contributed by atoms with Crippen molar-refractivity contribution in [3.05, 3.63) is 29.8 Å². The number of benzene rings is 1. The Labute approximate surface area is 119 Å². The van der Waals surface area contributed by atoms with Gasteiger partial charge in [-0.25, -0.2) is 0 Å². The molecule has 1 aliphatic rings. The Morgan fingerprint density at radius 1 is 1.19 bits per heavy atom. The molecule has 1 aromatic carbocycles. The first-order valence-electron chi connectivity index (χ1n) is 4.52. The average molecular weight is 353 g/mol. The van der Waals surface area contributed by atoms with Crippen molar-refractivity contribution >= 4 is 68.3 Å². The SMILES string of the molecule is Cl[Si](Cl)(Cl)C1Cc2ccccc2O[Si]1(Cl)Cl. The Morgan fingerprint density at radius 3 is 2.44 bits per heavy atom. The van der Waals surface area contributed by atoms with Crippen LogP contribution >= 0.6 is 55.4 Å². The standard InChI is InChI=1S/C8H7Cl5OSi2/c9-15(10,11)8-5-6-3-1-2-4-7(6)14-16(8,12)13/h1-4,8H,5H2. The first-order chi connectivity index (χ1) is 7.31. The van der Waals surface area contributed by atoms with Crippen LogP contribution in [0.5, 0.6) is 5.75 Å². The summed E-state index contributed by atoms with van der Waals surface area (Å²) >= 11 is 30.5. The first kappa shape index (κ1) is 13.3. The normalized spacial score (nSPS) is 23.4. The molecule has 0 bridgehead atoms. The van der Waals surface area contributed by atoms with Crippen LogP contribution in [0.3, 0.4) is 0 Å². The number of halogens is 5. The zero-order chi connectivity index (χ0) is 12.0. The monoisotopic (exact) mass is 350 g/mol. The third kappa shape index (κ3) is 2.66. The van der Waals surface area contributed by atoms with Gasteiger partial charge in [0.05, 0.1) is 5.16 Å². The van der Waals surface area contributed by atoms with E-state index in [1.54, 1.807) is 0 Å². The molecule has 0 aromatic heterocycles. The molecule has 0 N–H and O–H groups in total. The summed E-state index contributed by atoms with van der Waals surface area (Å²) in [5.74, 6) is 0.707. The minimum atomic E-state index is -3.00. The molecule has 0 saturated carbocycles. The largest absolute Gasteiger partial charge is 0.518 e. The second-order valence-electron chi connectivity index (χ2n) is 3.57. The summed E-state index contributed by atoms with van der Waals surface area (Å²) in [5.41, 5.74) is 0.996. The van der Waals surface area contributed by atoms with Crippen LogP contribution in [0, 0.1) is 0 Å². The second-order valence-corrected chi connectivity index (χ2v) is 19.0. The van der Waals surface area contributed by atoms with E-state index in [1.165, 1.54) is 0 Å². The van der Waals surface area contributed by atoms with E-state index in [-0.39, 0.29) is 5.16 Å². The molecule has 0 aliphatic carbocycles. The van der Waals surface area contributed by atoms with Gasteiger partial charge in [-0.05, 0) is 18.1 Å². The zero-order valence-electron chi connectivity index (χ0n) is 7.89. The summed E-state index contributed by atoms with van der Waals surface area (Å²) in [6.45, 7) is -3.00. The van der Waals surface area contributed by atoms with E-state index in [0.29, 0.717) is 12.2 Å². The number of fused-ring (bicyclic) bond motifs is 1. The highest BCUT2D eigenvalue weighted by molar-refractivity contribution is 7.69. The van der Waals surface area contributed by atoms with Gasteiger partial charge >= 0.3 is 12.9 Å². The Bertz CT molecular complexity index is 406. The van der Waals surface area contributed by atoms with Crippen molar-refractivity contribution in [2.75, 3.05) is 0 Å². The third-order valence-corrected chi connectivity index (χ3v) is 14.6. The van der Waals surface area contributed by atoms with Crippen LogP contribution < -0.4 is 4.43 Å². The van der Waals surface area contributed by atoms with Crippen LogP contribution in [0.2, 0.25) is 5.16 Å². The summed E-state index contributed by atoms with van der Waals surface area (Å²) in [4.78, 5) is 0. The molecule has 1 unspecified atom stereocenters. The van der Waals surface area contributed by atoms with Crippen molar-refractivity contribution in [1.29, 1.82) is 0 Å². The van der Waals surface area contributed by atoms with Crippen molar-refractivity contribution in [2.24, 2.45) is 0 Å². The summed E-state index contributed by atoms with van der Waals surface area (Å²) in [6.07, 6.45) is 0.581. The van der Waals surface area contributed by atoms with Crippen LogP contribution in [0.1, 0.15) is 5.56 Å². The van der Waals surface area contributed by atoms with Crippen molar-refractivity contribution in [1.82, 2.24) is 0 Å². The van der Waals surface area contributed by atoms with E-state index >= 15 is 0 Å². The molecule has 0 saturated heterocycles. The van der Waals surface area contributed by atoms with Gasteiger partial charge in [0.25, 0.3) is 0 Å². The van der Waals surface area contributed by atoms with Crippen molar-refractivity contribution in [3.8, 4) is 5.75 Å². The molecule has 1 atom stereocenters. The smallest absolute Gasteiger partial charge is 0.454 e. The summed E-state index contributed by atoms with van der Waals surface area (Å²) < 4.78 is 5.61. The van der Waals surface area contributed by atoms with Gasteiger partial charge in [-0.1, -0.05) is 40.4 Å². The summed E-state index contributed by atoms with van der Waals surface area (Å²) in [6, 6.07) is 4.57. The van der Waals surface area contributed by atoms with E-state index in [1.807, 2.05) is 24.3 Å². The third-order valence-electron chi connectivity index (χ3n) is 2.44. The molecule has 0 amide bonds. The molecular formula is C8H7Cl5OSi2. The van der Waals surface area contributed by atoms with E-state index in [2.05, 4.69) is 0 Å². The van der Waals surface area contributed by atoms with Crippen LogP contribution in [-0.2, 0) is 6.42 Å². The molecule has 1 heterocycles. The van der Waals surface area contributed by atoms with Gasteiger partial charge in [0.15, 0.2) is 0 Å². The van der Waals surface area contributed by atoms with Gasteiger partial charge in [-0.3, -0.25) is 0 Å². The molecule has 0 spiro atoms. The molecule has 88 valence electrons. The fourth-order valence-electron chi connectivity index (χ4n) is 1.63. The zero-order valence-corrected chi connectivity index (χ0v) is 13.7. The predicted octanol–water partition coefficient (Wildman–Crippen LogP) is 4.60. The topological polar surface area (TPSA) is 9.23 Å². The molecule has 0 radical (unpaired) electrons. The molecule has 1 nitrogen and oxygen atoms in total. The molecule has 2 rings (SSSR count). The van der Waals surface area contributed by atoms with Crippen molar-refractivity contribution in [3.63, 3.8) is 0 Å². The van der Waals surface area contributed by atoms with Crippen molar-refractivity contribution < 1.29 is 4.43 Å². The lowest BCUT2D eigenvalue weighted by Crippen LogP contribution is -2.47. The minimum Gasteiger partial charge on any atom is -0.518 e. The Morgan fingerprint density at radius 2 is 1.81 bits per heavy atom. The maximum absolute atomic E-state index is 6.21. The Balaban J connectivity index is 2.40. The molecule has 16 heavy (non-hydrogen) atoms. The number of para-hydroxylation sites is 1. The van der Waals surface area contributed by atoms with Gasteiger partial charge in [0, 0.05) is 0 Å². The fourth-order valence-corrected chi connectivity index (χ4v) is 16.6. The Hall–Kier alpha value is 0.904. The van der Waals surface area contributed by atoms with Gasteiger partial charge in [-0.2, -0.15) is 0 Å². The predicted molar refractivity (Wildman–Crippen MR) is 75.3 cm³/mol. The highest BCUT2D eigenvalue weighted by atomic mass is 35.8. The molecular weight excluding hydrogens is 346 g/mol. The van der Waals surface area contributed by atoms with E-state index < -0.39 is 12.9 Å². The average Bonchev–Trinajstić information content (AvgIpc) is 2.13. The molecule has 0 fully saturated rings. The van der Waals surface area contributed by atoms with Gasteiger partial charge in [0.1, 0.15) is 5.75 Å². The lowest BCUT2D eigenvalue weighted by atomic mass is 10.1. The van der Waals surface area contributed by atoms with Gasteiger partial charge < -0.3 is 4.43 Å². The maximum atomic E-state index is 6.21. The molecule has 1 aromatic rings. The highest BCUT2D eigenvalue weighted by Crippen LogP contribution is 2.50. The summed E-state index contributed by atoms with van der Waals surface area (Å²) in [5, 5.41) is -0.344. The van der Waals surface area contributed by atoms with Gasteiger partial charge in [0.2, 0.25) is 0 Å². The van der Waals surface area contributed by atoms with Crippen molar-refractivity contribution in [2.45, 2.75) is 11.6 Å². The highest BCUT2D eigenvalue weighted by Gasteiger charge is 2.57. The quantitative estimate of drug-likeness (QED) is 0.530. The maximum Gasteiger partial charge on any atom is 0.454 e. The van der Waals surface area contributed by atoms with Crippen LogP contribution in [0.25, 0.3) is 0 Å². The van der Waals surface area contributed by atoms with E-state index in [9.17, 15) is 0 Å². The van der Waals surface area contributed by atoms with Crippen LogP contribution in [0.15, 0.2) is 24.3 Å². The van der Waals surface area contributed by atoms with E-state index in [0.717, 1.165) is 5.56 Å². The van der Waals surface area contributed by atoms with Crippen LogP contribution in [-0.4, -0.2) is 12.9 Å². The minimum absolute atomic E-state index is 0.344. The number of hydrogen-bond acceptors (Lipinski definition) is 1. The second kappa shape index (κ2) is 4.54. The fraction of sp³-hybridized carbons (Fsp3) is 0.250. The molecule has 1 aliphatic heterocycles.